The molecule has 20 heavy (non-hydrogen) atoms. The van der Waals surface area contributed by atoms with Crippen molar-refractivity contribution in [1.82, 2.24) is 5.32 Å². The summed E-state index contributed by atoms with van der Waals surface area (Å²) in [5, 5.41) is 22.1. The Bertz CT molecular complexity index is 476. The molecule has 1 aromatic rings. The second-order valence-electron chi connectivity index (χ2n) is 5.61. The molecule has 1 aromatic carbocycles. The normalized spacial score (nSPS) is 19.2. The number of ether oxygens (including phenoxy) is 1. The summed E-state index contributed by atoms with van der Waals surface area (Å²) in [6, 6.07) is 9.97. The van der Waals surface area contributed by atoms with Crippen LogP contribution in [0.4, 0.5) is 0 Å². The fraction of sp³-hybridized carbons (Fsp3) is 0.562. The van der Waals surface area contributed by atoms with E-state index in [1.54, 1.807) is 0 Å². The van der Waals surface area contributed by atoms with Gasteiger partial charge in [0.05, 0.1) is 18.2 Å². The van der Waals surface area contributed by atoms with Crippen LogP contribution in [-0.4, -0.2) is 31.5 Å². The monoisotopic (exact) mass is 274 g/mol. The van der Waals surface area contributed by atoms with Crippen molar-refractivity contribution in [3.63, 3.8) is 0 Å². The quantitative estimate of drug-likeness (QED) is 0.862. The molecule has 0 radical (unpaired) electrons. The van der Waals surface area contributed by atoms with Gasteiger partial charge in [0, 0.05) is 31.2 Å². The van der Waals surface area contributed by atoms with Crippen molar-refractivity contribution >= 4 is 0 Å². The van der Waals surface area contributed by atoms with Crippen LogP contribution in [0, 0.1) is 16.7 Å². The van der Waals surface area contributed by atoms with Crippen LogP contribution in [0.1, 0.15) is 36.9 Å². The Morgan fingerprint density at radius 3 is 2.85 bits per heavy atom. The Labute approximate surface area is 120 Å². The summed E-state index contributed by atoms with van der Waals surface area (Å²) in [4.78, 5) is 0. The van der Waals surface area contributed by atoms with Gasteiger partial charge in [-0.25, -0.2) is 0 Å². The Morgan fingerprint density at radius 1 is 1.45 bits per heavy atom. The number of benzene rings is 1. The summed E-state index contributed by atoms with van der Waals surface area (Å²) < 4.78 is 5.37. The molecular formula is C16H22N2O2. The minimum absolute atomic E-state index is 0.0701. The maximum atomic E-state index is 9.67. The van der Waals surface area contributed by atoms with Gasteiger partial charge in [-0.3, -0.25) is 0 Å². The summed E-state index contributed by atoms with van der Waals surface area (Å²) in [7, 11) is 0. The molecule has 1 saturated heterocycles. The van der Waals surface area contributed by atoms with Gasteiger partial charge in [0.15, 0.2) is 0 Å². The van der Waals surface area contributed by atoms with E-state index in [0.717, 1.165) is 38.2 Å². The molecule has 4 heteroatoms. The van der Waals surface area contributed by atoms with Crippen molar-refractivity contribution in [3.05, 3.63) is 35.4 Å². The average Bonchev–Trinajstić information content (AvgIpc) is 2.53. The Balaban J connectivity index is 1.97. The summed E-state index contributed by atoms with van der Waals surface area (Å²) in [6.45, 7) is 4.49. The first-order chi connectivity index (χ1) is 9.69. The van der Waals surface area contributed by atoms with E-state index in [4.69, 9.17) is 10.00 Å². The van der Waals surface area contributed by atoms with Crippen molar-refractivity contribution in [2.45, 2.75) is 25.8 Å². The summed E-state index contributed by atoms with van der Waals surface area (Å²) in [5.41, 5.74) is 1.71. The lowest BCUT2D eigenvalue weighted by Crippen LogP contribution is -2.42. The number of hydrogen-bond donors (Lipinski definition) is 2. The van der Waals surface area contributed by atoms with Crippen molar-refractivity contribution in [3.8, 4) is 6.07 Å². The molecule has 1 aliphatic heterocycles. The molecule has 1 atom stereocenters. The van der Waals surface area contributed by atoms with E-state index in [-0.39, 0.29) is 18.1 Å². The third kappa shape index (κ3) is 3.57. The van der Waals surface area contributed by atoms with Gasteiger partial charge in [-0.15, -0.1) is 0 Å². The van der Waals surface area contributed by atoms with Crippen LogP contribution in [0.25, 0.3) is 0 Å². The molecule has 2 rings (SSSR count). The van der Waals surface area contributed by atoms with Crippen molar-refractivity contribution < 1.29 is 9.84 Å². The number of hydrogen-bond acceptors (Lipinski definition) is 4. The zero-order valence-electron chi connectivity index (χ0n) is 11.9. The molecule has 0 aromatic heterocycles. The molecule has 1 aliphatic rings. The second kappa shape index (κ2) is 6.85. The minimum Gasteiger partial charge on any atom is -0.396 e. The van der Waals surface area contributed by atoms with Crippen LogP contribution in [0.3, 0.4) is 0 Å². The van der Waals surface area contributed by atoms with E-state index in [0.29, 0.717) is 5.56 Å². The molecule has 2 N–H and O–H groups in total. The number of rotatable bonds is 5. The predicted octanol–water partition coefficient (Wildman–Crippen LogP) is 2.00. The largest absolute Gasteiger partial charge is 0.396 e. The van der Waals surface area contributed by atoms with Gasteiger partial charge >= 0.3 is 0 Å². The van der Waals surface area contributed by atoms with Crippen LogP contribution in [0.5, 0.6) is 0 Å². The van der Waals surface area contributed by atoms with Crippen molar-refractivity contribution in [1.29, 1.82) is 5.26 Å². The van der Waals surface area contributed by atoms with Gasteiger partial charge in [-0.1, -0.05) is 12.1 Å². The number of nitriles is 1. The third-order valence-corrected chi connectivity index (χ3v) is 4.19. The smallest absolute Gasteiger partial charge is 0.0991 e. The standard InChI is InChI=1S/C16H22N2O2/c1-13(15-4-2-3-14(9-15)10-17)18-11-16(12-19)5-7-20-8-6-16/h2-4,9,13,18-19H,5-8,11-12H2,1H3. The highest BCUT2D eigenvalue weighted by atomic mass is 16.5. The van der Waals surface area contributed by atoms with Crippen LogP contribution >= 0.6 is 0 Å². The lowest BCUT2D eigenvalue weighted by Gasteiger charge is -2.36. The molecule has 0 bridgehead atoms. The topological polar surface area (TPSA) is 65.3 Å². The lowest BCUT2D eigenvalue weighted by atomic mass is 9.80. The van der Waals surface area contributed by atoms with Crippen LogP contribution in [-0.2, 0) is 4.74 Å². The van der Waals surface area contributed by atoms with Gasteiger partial charge < -0.3 is 15.2 Å². The highest BCUT2D eigenvalue weighted by Crippen LogP contribution is 2.30. The number of aliphatic hydroxyl groups is 1. The zero-order chi connectivity index (χ0) is 14.4. The van der Waals surface area contributed by atoms with E-state index >= 15 is 0 Å². The Kier molecular flexibility index (Phi) is 5.13. The highest BCUT2D eigenvalue weighted by molar-refractivity contribution is 5.34. The molecule has 1 unspecified atom stereocenters. The average molecular weight is 274 g/mol. The van der Waals surface area contributed by atoms with E-state index in [2.05, 4.69) is 18.3 Å². The summed E-state index contributed by atoms with van der Waals surface area (Å²) in [6.07, 6.45) is 1.78. The van der Waals surface area contributed by atoms with Crippen LogP contribution in [0.15, 0.2) is 24.3 Å². The number of nitrogens with one attached hydrogen (secondary N) is 1. The van der Waals surface area contributed by atoms with E-state index < -0.39 is 0 Å². The van der Waals surface area contributed by atoms with E-state index in [1.807, 2.05) is 24.3 Å². The lowest BCUT2D eigenvalue weighted by molar-refractivity contribution is -0.0163. The molecule has 0 saturated carbocycles. The highest BCUT2D eigenvalue weighted by Gasteiger charge is 2.32. The summed E-state index contributed by atoms with van der Waals surface area (Å²) >= 11 is 0. The van der Waals surface area contributed by atoms with Gasteiger partial charge in [0.1, 0.15) is 0 Å². The SMILES string of the molecule is CC(NCC1(CO)CCOCC1)c1cccc(C#N)c1. The Morgan fingerprint density at radius 2 is 2.20 bits per heavy atom. The third-order valence-electron chi connectivity index (χ3n) is 4.19. The van der Waals surface area contributed by atoms with Crippen molar-refractivity contribution in [2.75, 3.05) is 26.4 Å². The van der Waals surface area contributed by atoms with Crippen molar-refractivity contribution in [2.24, 2.45) is 5.41 Å². The maximum absolute atomic E-state index is 9.67. The first-order valence-corrected chi connectivity index (χ1v) is 7.11. The predicted molar refractivity (Wildman–Crippen MR) is 77.1 cm³/mol. The van der Waals surface area contributed by atoms with Crippen LogP contribution < -0.4 is 5.32 Å². The first-order valence-electron chi connectivity index (χ1n) is 7.11. The van der Waals surface area contributed by atoms with E-state index in [9.17, 15) is 5.11 Å². The number of aliphatic hydroxyl groups excluding tert-OH is 1. The molecule has 1 heterocycles. The molecule has 4 nitrogen and oxygen atoms in total. The molecule has 108 valence electrons. The van der Waals surface area contributed by atoms with Gasteiger partial charge in [0.2, 0.25) is 0 Å². The van der Waals surface area contributed by atoms with Gasteiger partial charge in [-0.05, 0) is 37.5 Å². The fourth-order valence-corrected chi connectivity index (χ4v) is 2.56. The second-order valence-corrected chi connectivity index (χ2v) is 5.61. The van der Waals surface area contributed by atoms with E-state index in [1.165, 1.54) is 0 Å². The minimum atomic E-state index is -0.0701. The number of nitrogens with zero attached hydrogens (tertiary/aromatic N) is 1. The zero-order valence-corrected chi connectivity index (χ0v) is 11.9. The van der Waals surface area contributed by atoms with Gasteiger partial charge in [0.25, 0.3) is 0 Å². The molecular weight excluding hydrogens is 252 g/mol. The first kappa shape index (κ1) is 15.0. The molecule has 0 amide bonds. The molecule has 0 spiro atoms. The fourth-order valence-electron chi connectivity index (χ4n) is 2.56. The maximum Gasteiger partial charge on any atom is 0.0991 e. The molecule has 1 fully saturated rings. The van der Waals surface area contributed by atoms with Crippen LogP contribution in [0.2, 0.25) is 0 Å². The summed E-state index contributed by atoms with van der Waals surface area (Å²) in [5.74, 6) is 0. The Hall–Kier alpha value is -1.41. The molecule has 0 aliphatic carbocycles. The van der Waals surface area contributed by atoms with Gasteiger partial charge in [-0.2, -0.15) is 5.26 Å².